The van der Waals surface area contributed by atoms with E-state index in [4.69, 9.17) is 14.2 Å². The van der Waals surface area contributed by atoms with Gasteiger partial charge in [0.05, 0.1) is 14.2 Å². The van der Waals surface area contributed by atoms with Gasteiger partial charge >= 0.3 is 0 Å². The molecule has 0 bridgehead atoms. The molecule has 4 rings (SSSR count). The van der Waals surface area contributed by atoms with Gasteiger partial charge < -0.3 is 29.5 Å². The number of fused-ring (bicyclic) bond motifs is 1. The van der Waals surface area contributed by atoms with Gasteiger partial charge in [0.15, 0.2) is 11.5 Å². The quantitative estimate of drug-likeness (QED) is 0.246. The third-order valence-corrected chi connectivity index (χ3v) is 7.89. The first-order chi connectivity index (χ1) is 18.9. The number of benzene rings is 3. The van der Waals surface area contributed by atoms with Crippen LogP contribution in [-0.2, 0) is 19.4 Å². The minimum atomic E-state index is 0.343. The van der Waals surface area contributed by atoms with Crippen molar-refractivity contribution in [2.24, 2.45) is 0 Å². The molecule has 0 amide bonds. The molecule has 39 heavy (non-hydrogen) atoms. The maximum absolute atomic E-state index is 9.94. The highest BCUT2D eigenvalue weighted by atomic mass is 16.5. The van der Waals surface area contributed by atoms with Gasteiger partial charge in [0.1, 0.15) is 18.1 Å². The smallest absolute Gasteiger partial charge is 0.162 e. The molecule has 0 aromatic heterocycles. The Labute approximate surface area is 233 Å². The first kappa shape index (κ1) is 28.6. The fourth-order valence-corrected chi connectivity index (χ4v) is 5.39. The molecule has 0 spiro atoms. The molecule has 6 heteroatoms. The van der Waals surface area contributed by atoms with Crippen LogP contribution in [0.25, 0.3) is 0 Å². The number of rotatable bonds is 13. The fraction of sp³-hybridized carbons (Fsp3) is 0.455. The van der Waals surface area contributed by atoms with Gasteiger partial charge in [-0.15, -0.1) is 0 Å². The topological polar surface area (TPSA) is 63.2 Å². The monoisotopic (exact) mass is 532 g/mol. The highest BCUT2D eigenvalue weighted by Crippen LogP contribution is 2.43. The van der Waals surface area contributed by atoms with Crippen molar-refractivity contribution < 1.29 is 19.3 Å². The van der Waals surface area contributed by atoms with Gasteiger partial charge in [-0.05, 0) is 98.0 Å². The third-order valence-electron chi connectivity index (χ3n) is 7.89. The molecular formula is C33H44N2O4. The molecule has 2 unspecified atom stereocenters. The summed E-state index contributed by atoms with van der Waals surface area (Å²) in [5, 5.41) is 13.4. The Morgan fingerprint density at radius 2 is 1.72 bits per heavy atom. The van der Waals surface area contributed by atoms with Gasteiger partial charge in [-0.1, -0.05) is 25.1 Å². The summed E-state index contributed by atoms with van der Waals surface area (Å²) >= 11 is 0. The Hall–Kier alpha value is -3.38. The predicted octanol–water partition coefficient (Wildman–Crippen LogP) is 6.48. The van der Waals surface area contributed by atoms with Crippen molar-refractivity contribution in [2.75, 3.05) is 38.8 Å². The summed E-state index contributed by atoms with van der Waals surface area (Å²) in [6.07, 6.45) is 4.02. The SMILES string of the molecule is CCC(C)NCCOc1ccc(CN(CC)c2cc(OC)c(OC)cc2C2CCc3cc(O)ccc3C2)cc1. The van der Waals surface area contributed by atoms with Gasteiger partial charge in [-0.2, -0.15) is 0 Å². The van der Waals surface area contributed by atoms with Crippen LogP contribution in [0.5, 0.6) is 23.0 Å². The molecular weight excluding hydrogens is 488 g/mol. The number of methoxy groups -OCH3 is 2. The molecule has 6 nitrogen and oxygen atoms in total. The number of aryl methyl sites for hydroxylation is 1. The molecule has 2 atom stereocenters. The van der Waals surface area contributed by atoms with Crippen LogP contribution in [0.4, 0.5) is 5.69 Å². The van der Waals surface area contributed by atoms with Crippen LogP contribution in [0.3, 0.4) is 0 Å². The number of nitrogens with zero attached hydrogens (tertiary/aromatic N) is 1. The van der Waals surface area contributed by atoms with Crippen molar-refractivity contribution in [3.63, 3.8) is 0 Å². The van der Waals surface area contributed by atoms with Crippen molar-refractivity contribution in [3.05, 3.63) is 76.9 Å². The number of ether oxygens (including phenoxy) is 3. The predicted molar refractivity (Wildman–Crippen MR) is 159 cm³/mol. The van der Waals surface area contributed by atoms with Crippen molar-refractivity contribution in [3.8, 4) is 23.0 Å². The maximum atomic E-state index is 9.94. The van der Waals surface area contributed by atoms with Gasteiger partial charge in [0.25, 0.3) is 0 Å². The lowest BCUT2D eigenvalue weighted by Crippen LogP contribution is -2.29. The Morgan fingerprint density at radius 3 is 2.41 bits per heavy atom. The van der Waals surface area contributed by atoms with Crippen LogP contribution in [0.15, 0.2) is 54.6 Å². The van der Waals surface area contributed by atoms with Gasteiger partial charge in [0, 0.05) is 37.4 Å². The van der Waals surface area contributed by atoms with Crippen molar-refractivity contribution in [2.45, 2.75) is 65.0 Å². The molecule has 1 aliphatic carbocycles. The summed E-state index contributed by atoms with van der Waals surface area (Å²) in [6, 6.07) is 19.0. The van der Waals surface area contributed by atoms with E-state index in [1.807, 2.05) is 6.07 Å². The van der Waals surface area contributed by atoms with Crippen LogP contribution in [0, 0.1) is 0 Å². The molecule has 0 heterocycles. The van der Waals surface area contributed by atoms with Gasteiger partial charge in [0.2, 0.25) is 0 Å². The lowest BCUT2D eigenvalue weighted by atomic mass is 9.79. The van der Waals surface area contributed by atoms with E-state index in [1.165, 1.54) is 27.9 Å². The van der Waals surface area contributed by atoms with Crippen molar-refractivity contribution in [1.82, 2.24) is 5.32 Å². The molecule has 0 aliphatic heterocycles. The standard InChI is InChI=1S/C33H44N2O4/c1-6-23(3)34-16-17-39-29-14-8-24(9-15-29)22-35(7-2)31-21-33(38-5)32(37-4)20-30(31)27-11-10-26-19-28(36)13-12-25(26)18-27/h8-9,12-15,19-21,23,27,34,36H,6-7,10-11,16-18,22H2,1-5H3. The minimum Gasteiger partial charge on any atom is -0.508 e. The van der Waals surface area contributed by atoms with Crippen LogP contribution in [-0.4, -0.2) is 45.1 Å². The Morgan fingerprint density at radius 1 is 0.974 bits per heavy atom. The summed E-state index contributed by atoms with van der Waals surface area (Å²) < 4.78 is 17.4. The Kier molecular flexibility index (Phi) is 9.99. The highest BCUT2D eigenvalue weighted by Gasteiger charge is 2.26. The Balaban J connectivity index is 1.54. The van der Waals surface area contributed by atoms with Gasteiger partial charge in [-0.3, -0.25) is 0 Å². The van der Waals surface area contributed by atoms with Gasteiger partial charge in [-0.25, -0.2) is 0 Å². The van der Waals surface area contributed by atoms with E-state index in [0.717, 1.165) is 62.6 Å². The number of anilines is 1. The zero-order chi connectivity index (χ0) is 27.8. The molecule has 3 aromatic carbocycles. The lowest BCUT2D eigenvalue weighted by Gasteiger charge is -2.32. The second-order valence-electron chi connectivity index (χ2n) is 10.4. The first-order valence-electron chi connectivity index (χ1n) is 14.2. The van der Waals surface area contributed by atoms with Crippen LogP contribution in [0.1, 0.15) is 61.8 Å². The van der Waals surface area contributed by atoms with E-state index < -0.39 is 0 Å². The van der Waals surface area contributed by atoms with Crippen LogP contribution < -0.4 is 24.4 Å². The Bertz CT molecular complexity index is 1210. The molecule has 0 saturated heterocycles. The largest absolute Gasteiger partial charge is 0.508 e. The zero-order valence-electron chi connectivity index (χ0n) is 24.1. The molecule has 0 fully saturated rings. The van der Waals surface area contributed by atoms with E-state index in [0.29, 0.717) is 24.3 Å². The molecule has 210 valence electrons. The normalized spacial score (nSPS) is 15.4. The second-order valence-corrected chi connectivity index (χ2v) is 10.4. The molecule has 2 N–H and O–H groups in total. The summed E-state index contributed by atoms with van der Waals surface area (Å²) in [5.41, 5.74) is 6.24. The minimum absolute atomic E-state index is 0.343. The maximum Gasteiger partial charge on any atom is 0.162 e. The number of phenols is 1. The highest BCUT2D eigenvalue weighted by molar-refractivity contribution is 5.64. The summed E-state index contributed by atoms with van der Waals surface area (Å²) in [5.74, 6) is 3.09. The third kappa shape index (κ3) is 7.18. The van der Waals surface area contributed by atoms with E-state index >= 15 is 0 Å². The molecule has 0 saturated carbocycles. The lowest BCUT2D eigenvalue weighted by molar-refractivity contribution is 0.306. The average Bonchev–Trinajstić information content (AvgIpc) is 2.97. The molecule has 3 aromatic rings. The van der Waals surface area contributed by atoms with Crippen molar-refractivity contribution >= 4 is 5.69 Å². The van der Waals surface area contributed by atoms with E-state index in [-0.39, 0.29) is 0 Å². The number of hydrogen-bond acceptors (Lipinski definition) is 6. The number of nitrogens with one attached hydrogen (secondary N) is 1. The summed E-state index contributed by atoms with van der Waals surface area (Å²) in [7, 11) is 3.39. The van der Waals surface area contributed by atoms with E-state index in [9.17, 15) is 5.11 Å². The van der Waals surface area contributed by atoms with E-state index in [2.05, 4.69) is 73.5 Å². The van der Waals surface area contributed by atoms with Crippen LogP contribution >= 0.6 is 0 Å². The van der Waals surface area contributed by atoms with Crippen molar-refractivity contribution in [1.29, 1.82) is 0 Å². The number of hydrogen-bond donors (Lipinski definition) is 2. The fourth-order valence-electron chi connectivity index (χ4n) is 5.39. The number of phenolic OH excluding ortho intramolecular Hbond substituents is 1. The second kappa shape index (κ2) is 13.6. The number of aromatic hydroxyl groups is 1. The summed E-state index contributed by atoms with van der Waals surface area (Å²) in [6.45, 7) is 9.71. The molecule has 0 radical (unpaired) electrons. The average molecular weight is 533 g/mol. The van der Waals surface area contributed by atoms with Crippen LogP contribution in [0.2, 0.25) is 0 Å². The summed E-state index contributed by atoms with van der Waals surface area (Å²) in [4.78, 5) is 2.41. The first-order valence-corrected chi connectivity index (χ1v) is 14.2. The zero-order valence-corrected chi connectivity index (χ0v) is 24.1. The molecule has 1 aliphatic rings. The van der Waals surface area contributed by atoms with E-state index in [1.54, 1.807) is 20.3 Å².